The number of carbonyl (C=O) groups is 1. The van der Waals surface area contributed by atoms with Crippen LogP contribution in [0.2, 0.25) is 5.02 Å². The van der Waals surface area contributed by atoms with Crippen LogP contribution in [0.4, 0.5) is 0 Å². The van der Waals surface area contributed by atoms with Gasteiger partial charge < -0.3 is 9.47 Å². The maximum Gasteiger partial charge on any atom is 0.303 e. The molecule has 32 heavy (non-hydrogen) atoms. The smallest absolute Gasteiger partial charge is 0.303 e. The molecule has 0 saturated carbocycles. The van der Waals surface area contributed by atoms with Gasteiger partial charge in [-0.05, 0) is 44.5 Å². The highest BCUT2D eigenvalue weighted by molar-refractivity contribution is 6.31. The lowest BCUT2D eigenvalue weighted by Gasteiger charge is -2.15. The molecular formula is C25H26ClN3O3. The summed E-state index contributed by atoms with van der Waals surface area (Å²) >= 11 is 6.39. The molecule has 0 aliphatic carbocycles. The molecule has 0 saturated heterocycles. The molecule has 7 heteroatoms. The van der Waals surface area contributed by atoms with Crippen molar-refractivity contribution in [3.8, 4) is 5.75 Å². The third-order valence-electron chi connectivity index (χ3n) is 5.09. The Bertz CT molecular complexity index is 1220. The summed E-state index contributed by atoms with van der Waals surface area (Å²) in [6.07, 6.45) is 3.62. The van der Waals surface area contributed by atoms with Crippen LogP contribution in [0.3, 0.4) is 0 Å². The predicted molar refractivity (Wildman–Crippen MR) is 127 cm³/mol. The number of nitrogens with zero attached hydrogens (tertiary/aromatic N) is 3. The number of aryl methyl sites for hydroxylation is 1. The van der Waals surface area contributed by atoms with Crippen LogP contribution in [0.1, 0.15) is 43.3 Å². The number of pyridine rings is 2. The Morgan fingerprint density at radius 3 is 2.69 bits per heavy atom. The fraction of sp³-hybridized carbons (Fsp3) is 0.280. The van der Waals surface area contributed by atoms with Gasteiger partial charge in [-0.1, -0.05) is 29.8 Å². The lowest BCUT2D eigenvalue weighted by atomic mass is 9.98. The Kier molecular flexibility index (Phi) is 7.59. The first kappa shape index (κ1) is 23.4. The molecule has 0 spiro atoms. The molecule has 0 aliphatic heterocycles. The van der Waals surface area contributed by atoms with E-state index in [1.807, 2.05) is 51.1 Å². The van der Waals surface area contributed by atoms with E-state index < -0.39 is 0 Å². The Balaban J connectivity index is 2.01. The molecule has 3 aromatic rings. The molecule has 0 N–H and O–H groups in total. The van der Waals surface area contributed by atoms with Crippen molar-refractivity contribution in [3.63, 3.8) is 0 Å². The van der Waals surface area contributed by atoms with E-state index in [2.05, 4.69) is 9.98 Å². The van der Waals surface area contributed by atoms with Gasteiger partial charge >= 0.3 is 5.97 Å². The van der Waals surface area contributed by atoms with Gasteiger partial charge in [-0.25, -0.2) is 4.98 Å². The van der Waals surface area contributed by atoms with Gasteiger partial charge in [0.2, 0.25) is 0 Å². The summed E-state index contributed by atoms with van der Waals surface area (Å²) in [6.45, 7) is 7.54. The lowest BCUT2D eigenvalue weighted by molar-refractivity contribution is -0.142. The Morgan fingerprint density at radius 2 is 2.00 bits per heavy atom. The van der Waals surface area contributed by atoms with Crippen molar-refractivity contribution in [3.05, 3.63) is 75.7 Å². The van der Waals surface area contributed by atoms with Crippen molar-refractivity contribution in [2.45, 2.75) is 40.9 Å². The normalized spacial score (nSPS) is 12.2. The first-order valence-electron chi connectivity index (χ1n) is 10.2. The highest BCUT2D eigenvalue weighted by Gasteiger charge is 2.16. The average Bonchev–Trinajstić information content (AvgIpc) is 2.77. The van der Waals surface area contributed by atoms with Gasteiger partial charge in [0.1, 0.15) is 24.5 Å². The van der Waals surface area contributed by atoms with Crippen LogP contribution in [0.15, 0.2) is 53.2 Å². The quantitative estimate of drug-likeness (QED) is 0.344. The number of esters is 1. The lowest BCUT2D eigenvalue weighted by Crippen LogP contribution is -2.08. The fourth-order valence-corrected chi connectivity index (χ4v) is 3.63. The minimum atomic E-state index is -0.385. The minimum Gasteiger partial charge on any atom is -0.486 e. The van der Waals surface area contributed by atoms with Gasteiger partial charge in [-0.3, -0.25) is 14.8 Å². The van der Waals surface area contributed by atoms with Gasteiger partial charge in [0.15, 0.2) is 0 Å². The summed E-state index contributed by atoms with van der Waals surface area (Å²) in [6, 6.07) is 9.55. The predicted octanol–water partition coefficient (Wildman–Crippen LogP) is 5.62. The summed E-state index contributed by atoms with van der Waals surface area (Å²) < 4.78 is 11.3. The highest BCUT2D eigenvalue weighted by atomic mass is 35.5. The number of hydrogen-bond acceptors (Lipinski definition) is 6. The standard InChI is InChI=1S/C25H26ClN3O3/c1-6-15(2)24(27-5)19-12-16(3)29-25-18(19)8-7-9-23(25)32-13-20-21(26)10-11-28-22(20)14-31-17(4)30/h6-12H,13-14H2,1-5H3/b15-6-,27-24?. The van der Waals surface area contributed by atoms with E-state index >= 15 is 0 Å². The fourth-order valence-electron chi connectivity index (χ4n) is 3.41. The molecule has 1 aromatic carbocycles. The van der Waals surface area contributed by atoms with E-state index in [0.29, 0.717) is 22.0 Å². The van der Waals surface area contributed by atoms with Crippen LogP contribution < -0.4 is 4.74 Å². The number of carbonyl (C=O) groups excluding carboxylic acids is 1. The van der Waals surface area contributed by atoms with Crippen LogP contribution in [0, 0.1) is 6.92 Å². The van der Waals surface area contributed by atoms with Gasteiger partial charge in [-0.2, -0.15) is 0 Å². The van der Waals surface area contributed by atoms with Gasteiger partial charge in [0, 0.05) is 42.4 Å². The van der Waals surface area contributed by atoms with Crippen LogP contribution in [-0.4, -0.2) is 28.7 Å². The maximum absolute atomic E-state index is 11.2. The van der Waals surface area contributed by atoms with Crippen molar-refractivity contribution in [1.82, 2.24) is 9.97 Å². The third kappa shape index (κ3) is 5.14. The summed E-state index contributed by atoms with van der Waals surface area (Å²) in [5.74, 6) is 0.240. The van der Waals surface area contributed by atoms with Gasteiger partial charge in [0.05, 0.1) is 16.4 Å². The van der Waals surface area contributed by atoms with Crippen molar-refractivity contribution in [2.75, 3.05) is 7.05 Å². The minimum absolute atomic E-state index is 0.0323. The van der Waals surface area contributed by atoms with Crippen molar-refractivity contribution < 1.29 is 14.3 Å². The summed E-state index contributed by atoms with van der Waals surface area (Å²) in [5.41, 5.74) is 5.84. The zero-order valence-electron chi connectivity index (χ0n) is 18.9. The van der Waals surface area contributed by atoms with E-state index in [4.69, 9.17) is 26.1 Å². The molecule has 0 unspecified atom stereocenters. The largest absolute Gasteiger partial charge is 0.486 e. The number of fused-ring (bicyclic) bond motifs is 1. The molecule has 0 radical (unpaired) electrons. The number of hydrogen-bond donors (Lipinski definition) is 0. The second kappa shape index (κ2) is 10.4. The van der Waals surface area contributed by atoms with E-state index in [1.54, 1.807) is 19.3 Å². The number of aliphatic imine (C=N–C) groups is 1. The summed E-state index contributed by atoms with van der Waals surface area (Å²) in [7, 11) is 1.79. The van der Waals surface area contributed by atoms with E-state index in [0.717, 1.165) is 33.4 Å². The highest BCUT2D eigenvalue weighted by Crippen LogP contribution is 2.30. The van der Waals surface area contributed by atoms with Gasteiger partial charge in [-0.15, -0.1) is 0 Å². The Labute approximate surface area is 193 Å². The van der Waals surface area contributed by atoms with E-state index in [-0.39, 0.29) is 19.2 Å². The molecule has 166 valence electrons. The topological polar surface area (TPSA) is 73.7 Å². The zero-order chi connectivity index (χ0) is 23.3. The van der Waals surface area contributed by atoms with Gasteiger partial charge in [0.25, 0.3) is 0 Å². The first-order valence-corrected chi connectivity index (χ1v) is 10.6. The van der Waals surface area contributed by atoms with Crippen molar-refractivity contribution in [1.29, 1.82) is 0 Å². The number of aromatic nitrogens is 2. The molecule has 0 atom stereocenters. The molecule has 0 fully saturated rings. The molecule has 0 aliphatic rings. The van der Waals surface area contributed by atoms with Crippen LogP contribution >= 0.6 is 11.6 Å². The van der Waals surface area contributed by atoms with Crippen molar-refractivity contribution in [2.24, 2.45) is 4.99 Å². The zero-order valence-corrected chi connectivity index (χ0v) is 19.7. The van der Waals surface area contributed by atoms with Crippen LogP contribution in [-0.2, 0) is 22.7 Å². The molecule has 2 heterocycles. The molecule has 0 bridgehead atoms. The third-order valence-corrected chi connectivity index (χ3v) is 5.44. The molecule has 6 nitrogen and oxygen atoms in total. The monoisotopic (exact) mass is 451 g/mol. The first-order chi connectivity index (χ1) is 15.3. The van der Waals surface area contributed by atoms with E-state index in [9.17, 15) is 4.79 Å². The number of halogens is 1. The summed E-state index contributed by atoms with van der Waals surface area (Å²) in [4.78, 5) is 24.8. The number of rotatable bonds is 7. The Morgan fingerprint density at radius 1 is 1.22 bits per heavy atom. The van der Waals surface area contributed by atoms with Crippen molar-refractivity contribution >= 4 is 34.2 Å². The average molecular weight is 452 g/mol. The molecule has 2 aromatic heterocycles. The SMILES string of the molecule is C/C=C(/C)C(=NC)c1cc(C)nc2c(OCc3c(Cl)ccnc3COC(C)=O)cccc12. The molecule has 0 amide bonds. The Hall–Kier alpha value is -3.25. The van der Waals surface area contributed by atoms with E-state index in [1.165, 1.54) is 6.92 Å². The number of ether oxygens (including phenoxy) is 2. The maximum atomic E-state index is 11.2. The number of benzene rings is 1. The number of para-hydroxylation sites is 1. The molecule has 3 rings (SSSR count). The molecular weight excluding hydrogens is 426 g/mol. The van der Waals surface area contributed by atoms with Crippen LogP contribution in [0.25, 0.3) is 10.9 Å². The second-order valence-electron chi connectivity index (χ2n) is 7.29. The second-order valence-corrected chi connectivity index (χ2v) is 7.70. The summed E-state index contributed by atoms with van der Waals surface area (Å²) in [5, 5.41) is 1.45. The van der Waals surface area contributed by atoms with Crippen LogP contribution in [0.5, 0.6) is 5.75 Å². The number of allylic oxidation sites excluding steroid dienone is 2.